The maximum absolute atomic E-state index is 13.7. The number of ether oxygens (including phenoxy) is 1. The van der Waals surface area contributed by atoms with Gasteiger partial charge in [0.05, 0.1) is 19.1 Å². The highest BCUT2D eigenvalue weighted by molar-refractivity contribution is 5.94. The van der Waals surface area contributed by atoms with Crippen LogP contribution in [0.3, 0.4) is 0 Å². The van der Waals surface area contributed by atoms with Crippen molar-refractivity contribution in [3.8, 4) is 5.75 Å². The van der Waals surface area contributed by atoms with E-state index >= 15 is 0 Å². The van der Waals surface area contributed by atoms with E-state index in [1.807, 2.05) is 17.0 Å². The van der Waals surface area contributed by atoms with Crippen molar-refractivity contribution in [3.63, 3.8) is 0 Å². The minimum Gasteiger partial charge on any atom is -0.497 e. The number of hydrogen-bond donors (Lipinski definition) is 0. The summed E-state index contributed by atoms with van der Waals surface area (Å²) in [5.41, 5.74) is 1.60. The van der Waals surface area contributed by atoms with Gasteiger partial charge in [-0.15, -0.1) is 0 Å². The van der Waals surface area contributed by atoms with Crippen molar-refractivity contribution in [1.29, 1.82) is 0 Å². The fourth-order valence-electron chi connectivity index (χ4n) is 4.92. The normalized spacial score (nSPS) is 21.7. The van der Waals surface area contributed by atoms with Crippen LogP contribution in [-0.2, 0) is 4.79 Å². The number of halogens is 1. The Hall–Kier alpha value is -2.89. The number of carbonyl (C=O) groups excluding carboxylic acids is 2. The number of nitrogens with zero attached hydrogens (tertiary/aromatic N) is 2. The fourth-order valence-corrected chi connectivity index (χ4v) is 4.92. The Balaban J connectivity index is 1.50. The molecule has 0 aromatic heterocycles. The average molecular weight is 439 g/mol. The van der Waals surface area contributed by atoms with Gasteiger partial charge in [-0.2, -0.15) is 0 Å². The summed E-state index contributed by atoms with van der Waals surface area (Å²) in [6.45, 7) is 1.79. The van der Waals surface area contributed by atoms with Gasteiger partial charge in [-0.25, -0.2) is 4.39 Å². The molecule has 2 saturated heterocycles. The molecular formula is C26H31FN2O3. The first kappa shape index (κ1) is 22.3. The summed E-state index contributed by atoms with van der Waals surface area (Å²) < 4.78 is 18.5. The molecule has 2 atom stereocenters. The molecule has 6 heteroatoms. The van der Waals surface area contributed by atoms with Gasteiger partial charge < -0.3 is 14.5 Å². The highest BCUT2D eigenvalue weighted by atomic mass is 19.1. The first-order valence-electron chi connectivity index (χ1n) is 11.6. The predicted molar refractivity (Wildman–Crippen MR) is 121 cm³/mol. The van der Waals surface area contributed by atoms with Crippen LogP contribution in [0.4, 0.5) is 4.39 Å². The summed E-state index contributed by atoms with van der Waals surface area (Å²) in [5, 5.41) is 0. The molecule has 0 unspecified atom stereocenters. The number of hydrogen-bond acceptors (Lipinski definition) is 3. The van der Waals surface area contributed by atoms with Crippen molar-refractivity contribution in [2.24, 2.45) is 5.92 Å². The van der Waals surface area contributed by atoms with E-state index in [9.17, 15) is 14.0 Å². The minimum atomic E-state index is -0.362. The van der Waals surface area contributed by atoms with E-state index in [0.29, 0.717) is 18.7 Å². The quantitative estimate of drug-likeness (QED) is 0.687. The molecular weight excluding hydrogens is 407 g/mol. The molecule has 32 heavy (non-hydrogen) atoms. The number of methoxy groups -OCH3 is 1. The van der Waals surface area contributed by atoms with E-state index in [-0.39, 0.29) is 29.6 Å². The first-order valence-corrected chi connectivity index (χ1v) is 11.6. The van der Waals surface area contributed by atoms with Crippen molar-refractivity contribution in [1.82, 2.24) is 9.80 Å². The second-order valence-corrected chi connectivity index (χ2v) is 8.77. The first-order chi connectivity index (χ1) is 15.6. The van der Waals surface area contributed by atoms with E-state index in [1.54, 1.807) is 12.0 Å². The van der Waals surface area contributed by atoms with Crippen molar-refractivity contribution in [3.05, 3.63) is 65.5 Å². The summed E-state index contributed by atoms with van der Waals surface area (Å²) in [5.74, 6) is 0.253. The zero-order chi connectivity index (χ0) is 22.5. The molecule has 0 saturated carbocycles. The molecule has 2 amide bonds. The maximum Gasteiger partial charge on any atom is 0.253 e. The van der Waals surface area contributed by atoms with Crippen molar-refractivity contribution >= 4 is 11.8 Å². The second-order valence-electron chi connectivity index (χ2n) is 8.77. The van der Waals surface area contributed by atoms with E-state index in [4.69, 9.17) is 4.74 Å². The third-order valence-electron chi connectivity index (χ3n) is 6.69. The molecule has 0 bridgehead atoms. The monoisotopic (exact) mass is 438 g/mol. The van der Waals surface area contributed by atoms with Crippen LogP contribution in [0, 0.1) is 11.7 Å². The molecule has 0 aliphatic carbocycles. The van der Waals surface area contributed by atoms with E-state index in [0.717, 1.165) is 56.4 Å². The smallest absolute Gasteiger partial charge is 0.253 e. The summed E-state index contributed by atoms with van der Waals surface area (Å²) in [6, 6.07) is 13.7. The second kappa shape index (κ2) is 10.2. The minimum absolute atomic E-state index is 0.0547. The molecule has 2 fully saturated rings. The lowest BCUT2D eigenvalue weighted by atomic mass is 9.93. The lowest BCUT2D eigenvalue weighted by Crippen LogP contribution is -2.47. The van der Waals surface area contributed by atoms with Gasteiger partial charge in [0, 0.05) is 25.2 Å². The Labute approximate surface area is 189 Å². The zero-order valence-corrected chi connectivity index (χ0v) is 18.6. The van der Waals surface area contributed by atoms with Gasteiger partial charge in [-0.05, 0) is 67.6 Å². The Morgan fingerprint density at radius 2 is 1.66 bits per heavy atom. The number of carbonyl (C=O) groups is 2. The highest BCUT2D eigenvalue weighted by Gasteiger charge is 2.35. The molecule has 2 aromatic carbocycles. The molecule has 0 spiro atoms. The third-order valence-corrected chi connectivity index (χ3v) is 6.69. The topological polar surface area (TPSA) is 49.9 Å². The van der Waals surface area contributed by atoms with Crippen LogP contribution in [0.15, 0.2) is 48.5 Å². The van der Waals surface area contributed by atoms with Crippen molar-refractivity contribution in [2.45, 2.75) is 44.6 Å². The van der Waals surface area contributed by atoms with E-state index in [1.165, 1.54) is 24.3 Å². The predicted octanol–water partition coefficient (Wildman–Crippen LogP) is 4.83. The maximum atomic E-state index is 13.7. The van der Waals surface area contributed by atoms with Crippen LogP contribution < -0.4 is 4.74 Å². The van der Waals surface area contributed by atoms with Crippen LogP contribution in [0.25, 0.3) is 0 Å². The van der Waals surface area contributed by atoms with Crippen molar-refractivity contribution in [2.75, 3.05) is 26.7 Å². The number of rotatable bonds is 4. The number of likely N-dealkylation sites (tertiary alicyclic amines) is 2. The molecule has 2 aromatic rings. The SMILES string of the molecule is COc1ccc([C@H]2CCCCCN2C(=O)[C@H]2CCCN(C(=O)c3ccc(F)cc3)C2)cc1. The van der Waals surface area contributed by atoms with Gasteiger partial charge in [0.25, 0.3) is 5.91 Å². The summed E-state index contributed by atoms with van der Waals surface area (Å²) in [7, 11) is 1.65. The van der Waals surface area contributed by atoms with Gasteiger partial charge in [0.2, 0.25) is 5.91 Å². The molecule has 170 valence electrons. The lowest BCUT2D eigenvalue weighted by molar-refractivity contribution is -0.139. The largest absolute Gasteiger partial charge is 0.497 e. The van der Waals surface area contributed by atoms with Crippen LogP contribution in [0.2, 0.25) is 0 Å². The number of piperidine rings is 1. The van der Waals surface area contributed by atoms with Crippen LogP contribution in [0.1, 0.15) is 60.5 Å². The lowest BCUT2D eigenvalue weighted by Gasteiger charge is -2.38. The highest BCUT2D eigenvalue weighted by Crippen LogP contribution is 2.33. The number of amides is 2. The van der Waals surface area contributed by atoms with Gasteiger partial charge in [-0.3, -0.25) is 9.59 Å². The molecule has 4 rings (SSSR count). The van der Waals surface area contributed by atoms with Gasteiger partial charge in [-0.1, -0.05) is 25.0 Å². The standard InChI is InChI=1S/C26H31FN2O3/c1-32-23-14-10-19(11-15-23)24-7-3-2-4-17-29(24)26(31)21-6-5-16-28(18-21)25(30)20-8-12-22(27)13-9-20/h8-15,21,24H,2-7,16-18H2,1H3/t21-,24+/m0/s1. The average Bonchev–Trinajstić information content (AvgIpc) is 3.10. The number of benzene rings is 2. The Kier molecular flexibility index (Phi) is 7.08. The van der Waals surface area contributed by atoms with E-state index in [2.05, 4.69) is 12.1 Å². The van der Waals surface area contributed by atoms with Gasteiger partial charge in [0.15, 0.2) is 0 Å². The molecule has 2 heterocycles. The van der Waals surface area contributed by atoms with Gasteiger partial charge >= 0.3 is 0 Å². The van der Waals surface area contributed by atoms with E-state index < -0.39 is 0 Å². The Morgan fingerprint density at radius 1 is 0.906 bits per heavy atom. The Morgan fingerprint density at radius 3 is 2.38 bits per heavy atom. The zero-order valence-electron chi connectivity index (χ0n) is 18.6. The summed E-state index contributed by atoms with van der Waals surface area (Å²) in [6.07, 6.45) is 5.76. The van der Waals surface area contributed by atoms with Crippen LogP contribution in [-0.4, -0.2) is 48.4 Å². The molecule has 0 radical (unpaired) electrons. The fraction of sp³-hybridized carbons (Fsp3) is 0.462. The Bertz CT molecular complexity index is 929. The van der Waals surface area contributed by atoms with Crippen LogP contribution >= 0.6 is 0 Å². The molecule has 0 N–H and O–H groups in total. The van der Waals surface area contributed by atoms with Gasteiger partial charge in [0.1, 0.15) is 11.6 Å². The summed E-state index contributed by atoms with van der Waals surface area (Å²) >= 11 is 0. The summed E-state index contributed by atoms with van der Waals surface area (Å²) in [4.78, 5) is 30.4. The van der Waals surface area contributed by atoms with Crippen LogP contribution in [0.5, 0.6) is 5.75 Å². The third kappa shape index (κ3) is 4.95. The molecule has 2 aliphatic rings. The molecule has 5 nitrogen and oxygen atoms in total. The van der Waals surface area contributed by atoms with Crippen molar-refractivity contribution < 1.29 is 18.7 Å². The molecule has 2 aliphatic heterocycles.